The molecule has 100 valence electrons. The van der Waals surface area contributed by atoms with E-state index in [9.17, 15) is 9.59 Å². The maximum Gasteiger partial charge on any atom is 0.317 e. The van der Waals surface area contributed by atoms with Crippen molar-refractivity contribution in [2.45, 2.75) is 6.04 Å². The fraction of sp³-hybridized carbons (Fsp3) is 0.417. The molecule has 1 unspecified atom stereocenters. The van der Waals surface area contributed by atoms with Crippen LogP contribution in [0.2, 0.25) is 0 Å². The van der Waals surface area contributed by atoms with E-state index in [0.717, 1.165) is 0 Å². The fourth-order valence-corrected chi connectivity index (χ4v) is 2.82. The molecule has 0 aromatic carbocycles. The number of nitrogens with zero attached hydrogens (tertiary/aromatic N) is 3. The van der Waals surface area contributed by atoms with Gasteiger partial charge in [-0.05, 0) is 28.1 Å². The van der Waals surface area contributed by atoms with Gasteiger partial charge in [-0.2, -0.15) is 0 Å². The number of carbonyl (C=O) groups is 2. The maximum absolute atomic E-state index is 12.3. The molecule has 7 heteroatoms. The first-order valence-corrected chi connectivity index (χ1v) is 6.91. The second-order valence-electron chi connectivity index (χ2n) is 4.63. The van der Waals surface area contributed by atoms with Crippen LogP contribution in [-0.2, 0) is 0 Å². The first-order valence-electron chi connectivity index (χ1n) is 6.11. The van der Waals surface area contributed by atoms with Gasteiger partial charge in [0.1, 0.15) is 10.3 Å². The highest BCUT2D eigenvalue weighted by Crippen LogP contribution is 2.16. The molecule has 1 N–H and O–H groups in total. The SMILES string of the molecule is O=C(c1cccc(Br)n1)N1CCN2C(=O)NCC2C1. The van der Waals surface area contributed by atoms with Crippen molar-refractivity contribution in [1.82, 2.24) is 20.1 Å². The Labute approximate surface area is 118 Å². The van der Waals surface area contributed by atoms with E-state index in [4.69, 9.17) is 0 Å². The highest BCUT2D eigenvalue weighted by Gasteiger charge is 2.37. The van der Waals surface area contributed by atoms with Crippen LogP contribution in [0.4, 0.5) is 4.79 Å². The molecule has 0 saturated carbocycles. The number of fused-ring (bicyclic) bond motifs is 1. The molecule has 1 atom stereocenters. The average molecular weight is 325 g/mol. The Kier molecular flexibility index (Phi) is 3.14. The minimum absolute atomic E-state index is 0.0299. The summed E-state index contributed by atoms with van der Waals surface area (Å²) in [6.07, 6.45) is 0. The van der Waals surface area contributed by atoms with Crippen molar-refractivity contribution in [3.63, 3.8) is 0 Å². The molecule has 3 rings (SSSR count). The zero-order valence-electron chi connectivity index (χ0n) is 10.2. The van der Waals surface area contributed by atoms with Crippen molar-refractivity contribution in [2.24, 2.45) is 0 Å². The topological polar surface area (TPSA) is 65.5 Å². The van der Waals surface area contributed by atoms with Gasteiger partial charge in [0.05, 0.1) is 6.04 Å². The van der Waals surface area contributed by atoms with Crippen LogP contribution < -0.4 is 5.32 Å². The Morgan fingerprint density at radius 3 is 3.05 bits per heavy atom. The fourth-order valence-electron chi connectivity index (χ4n) is 2.48. The number of urea groups is 1. The first kappa shape index (κ1) is 12.4. The van der Waals surface area contributed by atoms with Crippen LogP contribution in [0.5, 0.6) is 0 Å². The molecule has 3 heterocycles. The van der Waals surface area contributed by atoms with E-state index in [0.29, 0.717) is 36.5 Å². The molecular weight excluding hydrogens is 312 g/mol. The standard InChI is InChI=1S/C12H13BrN4O2/c13-10-3-1-2-9(15-10)11(18)16-4-5-17-8(7-16)6-14-12(17)19/h1-3,8H,4-7H2,(H,14,19). The van der Waals surface area contributed by atoms with Gasteiger partial charge >= 0.3 is 6.03 Å². The van der Waals surface area contributed by atoms with Crippen molar-refractivity contribution in [1.29, 1.82) is 0 Å². The zero-order chi connectivity index (χ0) is 13.4. The molecule has 0 bridgehead atoms. The lowest BCUT2D eigenvalue weighted by molar-refractivity contribution is 0.0611. The third-order valence-corrected chi connectivity index (χ3v) is 3.90. The van der Waals surface area contributed by atoms with Crippen LogP contribution in [0.15, 0.2) is 22.8 Å². The number of aromatic nitrogens is 1. The van der Waals surface area contributed by atoms with E-state index in [-0.39, 0.29) is 18.0 Å². The van der Waals surface area contributed by atoms with Gasteiger partial charge in [-0.1, -0.05) is 6.07 Å². The van der Waals surface area contributed by atoms with E-state index in [1.54, 1.807) is 28.0 Å². The molecule has 0 radical (unpaired) electrons. The number of carbonyl (C=O) groups excluding carboxylic acids is 2. The molecule has 2 saturated heterocycles. The largest absolute Gasteiger partial charge is 0.336 e. The number of piperazine rings is 1. The number of hydrogen-bond donors (Lipinski definition) is 1. The summed E-state index contributed by atoms with van der Waals surface area (Å²) in [5.74, 6) is -0.0831. The lowest BCUT2D eigenvalue weighted by Crippen LogP contribution is -2.53. The number of halogens is 1. The summed E-state index contributed by atoms with van der Waals surface area (Å²) >= 11 is 3.26. The molecule has 3 amide bonds. The smallest absolute Gasteiger partial charge is 0.317 e. The molecule has 0 aliphatic carbocycles. The van der Waals surface area contributed by atoms with Crippen molar-refractivity contribution in [3.8, 4) is 0 Å². The molecule has 2 aliphatic heterocycles. The summed E-state index contributed by atoms with van der Waals surface area (Å²) in [7, 11) is 0. The van der Waals surface area contributed by atoms with Crippen LogP contribution in [0.25, 0.3) is 0 Å². The van der Waals surface area contributed by atoms with Gasteiger partial charge in [0.15, 0.2) is 0 Å². The Balaban J connectivity index is 1.74. The minimum Gasteiger partial charge on any atom is -0.336 e. The molecule has 2 fully saturated rings. The van der Waals surface area contributed by atoms with Crippen LogP contribution in [0.3, 0.4) is 0 Å². The van der Waals surface area contributed by atoms with Crippen LogP contribution in [-0.4, -0.2) is 58.9 Å². The van der Waals surface area contributed by atoms with Crippen molar-refractivity contribution in [2.75, 3.05) is 26.2 Å². The number of nitrogens with one attached hydrogen (secondary N) is 1. The summed E-state index contributed by atoms with van der Waals surface area (Å²) < 4.78 is 0.648. The average Bonchev–Trinajstić information content (AvgIpc) is 2.79. The molecule has 19 heavy (non-hydrogen) atoms. The zero-order valence-corrected chi connectivity index (χ0v) is 11.8. The van der Waals surface area contributed by atoms with Gasteiger partial charge in [-0.15, -0.1) is 0 Å². The van der Waals surface area contributed by atoms with Crippen LogP contribution >= 0.6 is 15.9 Å². The lowest BCUT2D eigenvalue weighted by Gasteiger charge is -2.36. The molecule has 2 aliphatic rings. The Hall–Kier alpha value is -1.63. The van der Waals surface area contributed by atoms with Crippen molar-refractivity contribution in [3.05, 3.63) is 28.5 Å². The van der Waals surface area contributed by atoms with Crippen LogP contribution in [0.1, 0.15) is 10.5 Å². The summed E-state index contributed by atoms with van der Waals surface area (Å²) in [5.41, 5.74) is 0.431. The second kappa shape index (κ2) is 4.80. The molecule has 1 aromatic heterocycles. The number of hydrogen-bond acceptors (Lipinski definition) is 3. The van der Waals surface area contributed by atoms with Crippen molar-refractivity contribution >= 4 is 27.9 Å². The summed E-state index contributed by atoms with van der Waals surface area (Å²) in [6, 6.07) is 5.34. The highest BCUT2D eigenvalue weighted by atomic mass is 79.9. The highest BCUT2D eigenvalue weighted by molar-refractivity contribution is 9.10. The van der Waals surface area contributed by atoms with Gasteiger partial charge < -0.3 is 15.1 Å². The second-order valence-corrected chi connectivity index (χ2v) is 5.44. The normalized spacial score (nSPS) is 22.2. The van der Waals surface area contributed by atoms with E-state index >= 15 is 0 Å². The van der Waals surface area contributed by atoms with Crippen molar-refractivity contribution < 1.29 is 9.59 Å². The maximum atomic E-state index is 12.3. The van der Waals surface area contributed by atoms with Gasteiger partial charge in [0.25, 0.3) is 5.91 Å². The Morgan fingerprint density at radius 1 is 1.42 bits per heavy atom. The van der Waals surface area contributed by atoms with E-state index in [2.05, 4.69) is 26.2 Å². The van der Waals surface area contributed by atoms with E-state index in [1.807, 2.05) is 0 Å². The third kappa shape index (κ3) is 2.30. The minimum atomic E-state index is -0.0831. The van der Waals surface area contributed by atoms with Gasteiger partial charge in [0.2, 0.25) is 0 Å². The van der Waals surface area contributed by atoms with E-state index < -0.39 is 0 Å². The molecule has 6 nitrogen and oxygen atoms in total. The van der Waals surface area contributed by atoms with Gasteiger partial charge in [-0.25, -0.2) is 9.78 Å². The molecule has 0 spiro atoms. The summed E-state index contributed by atoms with van der Waals surface area (Å²) in [6.45, 7) is 2.30. The summed E-state index contributed by atoms with van der Waals surface area (Å²) in [5, 5.41) is 2.80. The molecular formula is C12H13BrN4O2. The quantitative estimate of drug-likeness (QED) is 0.773. The third-order valence-electron chi connectivity index (χ3n) is 3.45. The number of pyridine rings is 1. The Bertz CT molecular complexity index is 536. The predicted octanol–water partition coefficient (Wildman–Crippen LogP) is 0.694. The molecule has 1 aromatic rings. The first-order chi connectivity index (χ1) is 9.15. The Morgan fingerprint density at radius 2 is 2.26 bits per heavy atom. The summed E-state index contributed by atoms with van der Waals surface area (Å²) in [4.78, 5) is 31.6. The monoisotopic (exact) mass is 324 g/mol. The lowest BCUT2D eigenvalue weighted by atomic mass is 10.2. The van der Waals surface area contributed by atoms with E-state index in [1.165, 1.54) is 0 Å². The van der Waals surface area contributed by atoms with Gasteiger partial charge in [-0.3, -0.25) is 4.79 Å². The van der Waals surface area contributed by atoms with Gasteiger partial charge in [0, 0.05) is 26.2 Å². The van der Waals surface area contributed by atoms with Crippen LogP contribution in [0, 0.1) is 0 Å². The number of amides is 3. The number of rotatable bonds is 1. The predicted molar refractivity (Wildman–Crippen MR) is 71.7 cm³/mol.